The van der Waals surface area contributed by atoms with Gasteiger partial charge >= 0.3 is 7.05 Å². The second-order valence-electron chi connectivity index (χ2n) is 6.69. The van der Waals surface area contributed by atoms with Gasteiger partial charge < -0.3 is 19.9 Å². The molecule has 1 unspecified atom stereocenters. The lowest BCUT2D eigenvalue weighted by Crippen LogP contribution is -2.42. The smallest absolute Gasteiger partial charge is 0.373 e. The second kappa shape index (κ2) is 8.87. The molecule has 1 aliphatic rings. The highest BCUT2D eigenvalue weighted by Gasteiger charge is 2.27. The largest absolute Gasteiger partial charge is 0.457 e. The van der Waals surface area contributed by atoms with Crippen LogP contribution in [0.15, 0.2) is 54.6 Å². The zero-order valence-electron chi connectivity index (χ0n) is 15.1. The molecule has 1 atom stereocenters. The van der Waals surface area contributed by atoms with Crippen LogP contribution in [0.2, 0.25) is 6.82 Å². The number of amides is 1. The van der Waals surface area contributed by atoms with Gasteiger partial charge in [0.2, 0.25) is 5.91 Å². The molecule has 1 saturated heterocycles. The van der Waals surface area contributed by atoms with Gasteiger partial charge in [0.25, 0.3) is 0 Å². The third kappa shape index (κ3) is 5.10. The molecule has 0 radical (unpaired) electrons. The fourth-order valence-electron chi connectivity index (χ4n) is 3.29. The Hall–Kier alpha value is -2.31. The van der Waals surface area contributed by atoms with Crippen LogP contribution in [-0.4, -0.2) is 42.0 Å². The van der Waals surface area contributed by atoms with Crippen molar-refractivity contribution in [2.24, 2.45) is 0 Å². The molecule has 2 aromatic carbocycles. The fourth-order valence-corrected chi connectivity index (χ4v) is 3.29. The first-order valence-electron chi connectivity index (χ1n) is 9.14. The molecule has 2 N–H and O–H groups in total. The van der Waals surface area contributed by atoms with E-state index >= 15 is 0 Å². The summed E-state index contributed by atoms with van der Waals surface area (Å²) in [5.41, 5.74) is 1.03. The molecule has 0 spiro atoms. The Morgan fingerprint density at radius 1 is 1.23 bits per heavy atom. The summed E-state index contributed by atoms with van der Waals surface area (Å²) in [6, 6.07) is 17.7. The third-order valence-electron chi connectivity index (χ3n) is 4.57. The van der Waals surface area contributed by atoms with Crippen LogP contribution in [0.1, 0.15) is 18.4 Å². The minimum Gasteiger partial charge on any atom is -0.457 e. The molecule has 26 heavy (non-hydrogen) atoms. The zero-order valence-corrected chi connectivity index (χ0v) is 15.1. The lowest BCUT2D eigenvalue weighted by Gasteiger charge is -2.18. The van der Waals surface area contributed by atoms with E-state index in [1.54, 1.807) is 6.82 Å². The van der Waals surface area contributed by atoms with Gasteiger partial charge in [0, 0.05) is 25.6 Å². The van der Waals surface area contributed by atoms with Crippen LogP contribution < -0.4 is 9.96 Å². The van der Waals surface area contributed by atoms with Gasteiger partial charge in [-0.3, -0.25) is 4.79 Å². The number of hydrogen-bond donors (Lipinski definition) is 2. The summed E-state index contributed by atoms with van der Waals surface area (Å²) >= 11 is 0. The molecule has 0 bridgehead atoms. The van der Waals surface area contributed by atoms with E-state index in [0.717, 1.165) is 30.0 Å². The van der Waals surface area contributed by atoms with E-state index in [0.29, 0.717) is 19.4 Å². The van der Waals surface area contributed by atoms with E-state index in [9.17, 15) is 9.82 Å². The number of aryl methyl sites for hydroxylation is 1. The van der Waals surface area contributed by atoms with Gasteiger partial charge in [0.15, 0.2) is 0 Å². The van der Waals surface area contributed by atoms with Gasteiger partial charge in [-0.1, -0.05) is 36.4 Å². The lowest BCUT2D eigenvalue weighted by molar-refractivity contribution is -0.130. The number of benzene rings is 2. The van der Waals surface area contributed by atoms with Gasteiger partial charge in [0.05, 0.1) is 0 Å². The topological polar surface area (TPSA) is 61.8 Å². The normalized spacial score (nSPS) is 16.5. The van der Waals surface area contributed by atoms with E-state index in [2.05, 4.69) is 5.23 Å². The van der Waals surface area contributed by atoms with Crippen molar-refractivity contribution in [1.29, 1.82) is 0 Å². The lowest BCUT2D eigenvalue weighted by atomic mass is 9.87. The highest BCUT2D eigenvalue weighted by molar-refractivity contribution is 6.45. The highest BCUT2D eigenvalue weighted by Crippen LogP contribution is 2.26. The number of nitrogens with zero attached hydrogens (tertiary/aromatic N) is 1. The molecule has 136 valence electrons. The van der Waals surface area contributed by atoms with Crippen molar-refractivity contribution in [1.82, 2.24) is 10.1 Å². The molecular formula is C20H25BN2O3. The summed E-state index contributed by atoms with van der Waals surface area (Å²) in [6.07, 6.45) is 1.98. The van der Waals surface area contributed by atoms with Crippen LogP contribution in [0.4, 0.5) is 0 Å². The van der Waals surface area contributed by atoms with Crippen molar-refractivity contribution >= 4 is 13.0 Å². The van der Waals surface area contributed by atoms with E-state index in [1.807, 2.05) is 59.5 Å². The SMILES string of the molecule is CB(O)NC1CCN(C(=O)CCc2ccccc2Oc2ccccc2)C1. The molecule has 1 amide bonds. The second-order valence-corrected chi connectivity index (χ2v) is 6.69. The highest BCUT2D eigenvalue weighted by atomic mass is 16.5. The van der Waals surface area contributed by atoms with E-state index in [1.165, 1.54) is 0 Å². The zero-order chi connectivity index (χ0) is 18.4. The van der Waals surface area contributed by atoms with Crippen molar-refractivity contribution in [3.05, 3.63) is 60.2 Å². The van der Waals surface area contributed by atoms with Crippen molar-refractivity contribution < 1.29 is 14.6 Å². The van der Waals surface area contributed by atoms with E-state index < -0.39 is 7.05 Å². The molecule has 0 aromatic heterocycles. The molecule has 5 nitrogen and oxygen atoms in total. The number of carbonyl (C=O) groups excluding carboxylic acids is 1. The van der Waals surface area contributed by atoms with Crippen LogP contribution in [0.5, 0.6) is 11.5 Å². The average Bonchev–Trinajstić information content (AvgIpc) is 3.09. The number of rotatable bonds is 7. The molecule has 1 aliphatic heterocycles. The van der Waals surface area contributed by atoms with Crippen LogP contribution in [0.3, 0.4) is 0 Å². The number of nitrogens with one attached hydrogen (secondary N) is 1. The minimum atomic E-state index is -0.544. The summed E-state index contributed by atoms with van der Waals surface area (Å²) in [6.45, 7) is 3.10. The number of para-hydroxylation sites is 2. The molecular weight excluding hydrogens is 327 g/mol. The number of hydrogen-bond acceptors (Lipinski definition) is 4. The first-order chi connectivity index (χ1) is 12.6. The van der Waals surface area contributed by atoms with Crippen LogP contribution in [0.25, 0.3) is 0 Å². The Morgan fingerprint density at radius 2 is 1.96 bits per heavy atom. The van der Waals surface area contributed by atoms with Crippen molar-refractivity contribution in [3.63, 3.8) is 0 Å². The Balaban J connectivity index is 1.56. The number of carbonyl (C=O) groups is 1. The molecule has 0 aliphatic carbocycles. The molecule has 2 aromatic rings. The quantitative estimate of drug-likeness (QED) is 0.753. The van der Waals surface area contributed by atoms with Gasteiger partial charge in [-0.25, -0.2) is 0 Å². The van der Waals surface area contributed by atoms with Crippen molar-refractivity contribution in [2.45, 2.75) is 32.1 Å². The van der Waals surface area contributed by atoms with Gasteiger partial charge in [-0.05, 0) is 43.4 Å². The van der Waals surface area contributed by atoms with E-state index in [-0.39, 0.29) is 11.9 Å². The predicted molar refractivity (Wildman–Crippen MR) is 103 cm³/mol. The summed E-state index contributed by atoms with van der Waals surface area (Å²) in [4.78, 5) is 14.4. The van der Waals surface area contributed by atoms with Crippen molar-refractivity contribution in [3.8, 4) is 11.5 Å². The number of likely N-dealkylation sites (tertiary alicyclic amines) is 1. The predicted octanol–water partition coefficient (Wildman–Crippen LogP) is 2.71. The summed E-state index contributed by atoms with van der Waals surface area (Å²) in [7, 11) is -0.544. The first kappa shape index (κ1) is 18.5. The van der Waals surface area contributed by atoms with Crippen molar-refractivity contribution in [2.75, 3.05) is 13.1 Å². The molecule has 1 heterocycles. The van der Waals surface area contributed by atoms with Gasteiger partial charge in [-0.15, -0.1) is 0 Å². The average molecular weight is 352 g/mol. The third-order valence-corrected chi connectivity index (χ3v) is 4.57. The Morgan fingerprint density at radius 3 is 2.73 bits per heavy atom. The minimum absolute atomic E-state index is 0.148. The standard InChI is InChI=1S/C20H25BN2O3/c1-21(25)22-17-13-14-23(15-17)20(24)12-11-16-7-5-6-10-19(16)26-18-8-3-2-4-9-18/h2-10,17,22,25H,11-15H2,1H3. The van der Waals surface area contributed by atoms with Crippen LogP contribution in [0, 0.1) is 0 Å². The molecule has 3 rings (SSSR count). The molecule has 1 fully saturated rings. The summed E-state index contributed by atoms with van der Waals surface area (Å²) < 4.78 is 5.97. The molecule has 0 saturated carbocycles. The maximum absolute atomic E-state index is 12.5. The summed E-state index contributed by atoms with van der Waals surface area (Å²) in [5.74, 6) is 1.73. The fraction of sp³-hybridized carbons (Fsp3) is 0.350. The monoisotopic (exact) mass is 352 g/mol. The maximum atomic E-state index is 12.5. The van der Waals surface area contributed by atoms with E-state index in [4.69, 9.17) is 4.74 Å². The van der Waals surface area contributed by atoms with Crippen LogP contribution >= 0.6 is 0 Å². The van der Waals surface area contributed by atoms with Gasteiger partial charge in [-0.2, -0.15) is 0 Å². The maximum Gasteiger partial charge on any atom is 0.373 e. The Kier molecular flexibility index (Phi) is 6.31. The van der Waals surface area contributed by atoms with Gasteiger partial charge in [0.1, 0.15) is 11.5 Å². The first-order valence-corrected chi connectivity index (χ1v) is 9.14. The summed E-state index contributed by atoms with van der Waals surface area (Å²) in [5, 5.41) is 12.5. The Bertz CT molecular complexity index is 724. The number of ether oxygens (including phenoxy) is 1. The van der Waals surface area contributed by atoms with Crippen LogP contribution in [-0.2, 0) is 11.2 Å². The molecule has 6 heteroatoms. The Labute approximate surface area is 155 Å².